The first-order valence-electron chi connectivity index (χ1n) is 7.82. The first-order chi connectivity index (χ1) is 11.1. The van der Waals surface area contributed by atoms with Gasteiger partial charge >= 0.3 is 11.9 Å². The zero-order valence-corrected chi connectivity index (χ0v) is 14.3. The van der Waals surface area contributed by atoms with Crippen molar-refractivity contribution >= 4 is 11.9 Å². The van der Waals surface area contributed by atoms with Gasteiger partial charge in [0, 0.05) is 12.0 Å². The quantitative estimate of drug-likeness (QED) is 0.378. The van der Waals surface area contributed by atoms with Crippen molar-refractivity contribution in [3.8, 4) is 0 Å². The van der Waals surface area contributed by atoms with E-state index in [0.717, 1.165) is 0 Å². The van der Waals surface area contributed by atoms with E-state index in [0.29, 0.717) is 12.8 Å². The van der Waals surface area contributed by atoms with Gasteiger partial charge < -0.3 is 29.2 Å². The summed E-state index contributed by atoms with van der Waals surface area (Å²) in [6, 6.07) is 0. The number of carbonyl (C=O) groups excluding carboxylic acids is 2. The van der Waals surface area contributed by atoms with Crippen molar-refractivity contribution < 1.29 is 38.7 Å². The van der Waals surface area contributed by atoms with Crippen LogP contribution in [0.5, 0.6) is 0 Å². The molecule has 1 heterocycles. The Morgan fingerprint density at radius 1 is 1.12 bits per heavy atom. The van der Waals surface area contributed by atoms with Gasteiger partial charge in [-0.25, -0.2) is 4.79 Å². The summed E-state index contributed by atoms with van der Waals surface area (Å²) in [5.41, 5.74) is 0.276. The van der Waals surface area contributed by atoms with Gasteiger partial charge in [-0.3, -0.25) is 4.79 Å². The van der Waals surface area contributed by atoms with Crippen molar-refractivity contribution in [3.05, 3.63) is 12.2 Å². The van der Waals surface area contributed by atoms with Gasteiger partial charge in [0.1, 0.15) is 13.2 Å². The van der Waals surface area contributed by atoms with E-state index in [-0.39, 0.29) is 25.2 Å². The predicted molar refractivity (Wildman–Crippen MR) is 82.3 cm³/mol. The molecule has 0 aromatic carbocycles. The molecule has 0 spiro atoms. The predicted octanol–water partition coefficient (Wildman–Crippen LogP) is 0.855. The number of carbonyl (C=O) groups is 2. The average molecular weight is 346 g/mol. The van der Waals surface area contributed by atoms with Crippen molar-refractivity contribution in [2.45, 2.75) is 58.4 Å². The molecule has 2 atom stereocenters. The third-order valence-electron chi connectivity index (χ3n) is 3.39. The number of hydrogen-bond acceptors (Lipinski definition) is 8. The van der Waals surface area contributed by atoms with Gasteiger partial charge in [-0.15, -0.1) is 0 Å². The van der Waals surface area contributed by atoms with Crippen LogP contribution in [0.4, 0.5) is 0 Å². The van der Waals surface area contributed by atoms with Crippen LogP contribution in [-0.2, 0) is 28.5 Å². The zero-order chi connectivity index (χ0) is 18.3. The highest BCUT2D eigenvalue weighted by atomic mass is 16.8. The fraction of sp³-hybridized carbons (Fsp3) is 0.750. The summed E-state index contributed by atoms with van der Waals surface area (Å²) in [7, 11) is 0. The molecule has 1 aliphatic rings. The van der Waals surface area contributed by atoms with Crippen molar-refractivity contribution in [1.29, 1.82) is 0 Å². The van der Waals surface area contributed by atoms with Crippen LogP contribution in [0.15, 0.2) is 12.2 Å². The van der Waals surface area contributed by atoms with Crippen molar-refractivity contribution in [2.75, 3.05) is 13.2 Å². The summed E-state index contributed by atoms with van der Waals surface area (Å²) >= 11 is 0. The SMILES string of the molecule is C=C(C)C(=O)OCCOC(=O)CCCC1C(O)OC(C)(C)OC1O. The highest BCUT2D eigenvalue weighted by Crippen LogP contribution is 2.31. The highest BCUT2D eigenvalue weighted by Gasteiger charge is 2.41. The van der Waals surface area contributed by atoms with Crippen LogP contribution in [0.25, 0.3) is 0 Å². The van der Waals surface area contributed by atoms with Gasteiger partial charge in [0.05, 0.1) is 5.92 Å². The second-order valence-electron chi connectivity index (χ2n) is 6.11. The zero-order valence-electron chi connectivity index (χ0n) is 14.3. The standard InChI is InChI=1S/C16H26O8/c1-10(2)13(18)22-9-8-21-12(17)7-5-6-11-14(19)23-16(3,4)24-15(11)20/h11,14-15,19-20H,1,5-9H2,2-4H3. The second kappa shape index (κ2) is 9.12. The molecule has 0 aromatic rings. The van der Waals surface area contributed by atoms with Crippen LogP contribution in [0.3, 0.4) is 0 Å². The fourth-order valence-electron chi connectivity index (χ4n) is 2.18. The van der Waals surface area contributed by atoms with Gasteiger partial charge in [-0.1, -0.05) is 6.58 Å². The molecule has 0 bridgehead atoms. The van der Waals surface area contributed by atoms with Gasteiger partial charge in [-0.2, -0.15) is 0 Å². The molecule has 138 valence electrons. The maximum absolute atomic E-state index is 11.6. The van der Waals surface area contributed by atoms with E-state index in [4.69, 9.17) is 18.9 Å². The van der Waals surface area contributed by atoms with Crippen LogP contribution in [0.1, 0.15) is 40.0 Å². The minimum atomic E-state index is -1.17. The summed E-state index contributed by atoms with van der Waals surface area (Å²) in [6.45, 7) is 8.07. The molecule has 0 amide bonds. The van der Waals surface area contributed by atoms with E-state index in [1.165, 1.54) is 6.92 Å². The van der Waals surface area contributed by atoms with Crippen molar-refractivity contribution in [1.82, 2.24) is 0 Å². The molecule has 2 N–H and O–H groups in total. The van der Waals surface area contributed by atoms with Crippen LogP contribution in [0.2, 0.25) is 0 Å². The van der Waals surface area contributed by atoms with E-state index in [9.17, 15) is 19.8 Å². The minimum absolute atomic E-state index is 0.0335. The molecule has 1 rings (SSSR count). The minimum Gasteiger partial charge on any atom is -0.462 e. The Morgan fingerprint density at radius 2 is 1.67 bits per heavy atom. The summed E-state index contributed by atoms with van der Waals surface area (Å²) in [4.78, 5) is 22.7. The molecule has 1 fully saturated rings. The third-order valence-corrected chi connectivity index (χ3v) is 3.39. The number of aliphatic hydroxyl groups is 2. The highest BCUT2D eigenvalue weighted by molar-refractivity contribution is 5.86. The Kier molecular flexibility index (Phi) is 7.82. The van der Waals surface area contributed by atoms with Crippen LogP contribution in [0, 0.1) is 5.92 Å². The molecule has 8 heteroatoms. The van der Waals surface area contributed by atoms with E-state index in [1.54, 1.807) is 13.8 Å². The monoisotopic (exact) mass is 346 g/mol. The number of hydrogen-bond donors (Lipinski definition) is 2. The van der Waals surface area contributed by atoms with Gasteiger partial charge in [0.25, 0.3) is 0 Å². The molecule has 1 saturated heterocycles. The van der Waals surface area contributed by atoms with Gasteiger partial charge in [0.2, 0.25) is 0 Å². The maximum Gasteiger partial charge on any atom is 0.333 e. The summed E-state index contributed by atoms with van der Waals surface area (Å²) in [5, 5.41) is 19.8. The Morgan fingerprint density at radius 3 is 2.21 bits per heavy atom. The molecule has 0 saturated carbocycles. The Hall–Kier alpha value is -1.48. The van der Waals surface area contributed by atoms with Crippen molar-refractivity contribution in [2.24, 2.45) is 5.92 Å². The topological polar surface area (TPSA) is 112 Å². The number of aliphatic hydroxyl groups excluding tert-OH is 2. The fourth-order valence-corrected chi connectivity index (χ4v) is 2.18. The normalized spacial score (nSPS) is 25.8. The lowest BCUT2D eigenvalue weighted by atomic mass is 9.99. The Bertz CT molecular complexity index is 445. The molecule has 0 radical (unpaired) electrons. The molecular formula is C16H26O8. The van der Waals surface area contributed by atoms with Crippen molar-refractivity contribution in [3.63, 3.8) is 0 Å². The van der Waals surface area contributed by atoms with Crippen LogP contribution >= 0.6 is 0 Å². The van der Waals surface area contributed by atoms with Crippen LogP contribution < -0.4 is 0 Å². The second-order valence-corrected chi connectivity index (χ2v) is 6.11. The smallest absolute Gasteiger partial charge is 0.333 e. The Balaban J connectivity index is 2.19. The lowest BCUT2D eigenvalue weighted by molar-refractivity contribution is -0.400. The lowest BCUT2D eigenvalue weighted by Crippen LogP contribution is -2.50. The molecule has 0 aliphatic carbocycles. The number of ether oxygens (including phenoxy) is 4. The average Bonchev–Trinajstić information content (AvgIpc) is 2.45. The molecule has 24 heavy (non-hydrogen) atoms. The number of rotatable bonds is 8. The molecule has 0 aromatic heterocycles. The van der Waals surface area contributed by atoms with Gasteiger partial charge in [-0.05, 0) is 33.6 Å². The summed E-state index contributed by atoms with van der Waals surface area (Å²) in [6.07, 6.45) is -1.51. The summed E-state index contributed by atoms with van der Waals surface area (Å²) in [5.74, 6) is -2.69. The molecule has 1 aliphatic heterocycles. The third kappa shape index (κ3) is 6.96. The lowest BCUT2D eigenvalue weighted by Gasteiger charge is -2.41. The molecule has 8 nitrogen and oxygen atoms in total. The number of esters is 2. The van der Waals surface area contributed by atoms with Gasteiger partial charge in [0.15, 0.2) is 18.4 Å². The van der Waals surface area contributed by atoms with E-state index >= 15 is 0 Å². The molecular weight excluding hydrogens is 320 g/mol. The first kappa shape index (κ1) is 20.6. The molecule has 2 unspecified atom stereocenters. The maximum atomic E-state index is 11.6. The Labute approximate surface area is 141 Å². The largest absolute Gasteiger partial charge is 0.462 e. The van der Waals surface area contributed by atoms with E-state index in [1.807, 2.05) is 0 Å². The van der Waals surface area contributed by atoms with E-state index in [2.05, 4.69) is 6.58 Å². The summed E-state index contributed by atoms with van der Waals surface area (Å²) < 4.78 is 20.2. The first-order valence-corrected chi connectivity index (χ1v) is 7.82. The van der Waals surface area contributed by atoms with Crippen LogP contribution in [-0.4, -0.2) is 53.7 Å². The van der Waals surface area contributed by atoms with E-state index < -0.39 is 36.2 Å².